The van der Waals surface area contributed by atoms with E-state index >= 15 is 0 Å². The quantitative estimate of drug-likeness (QED) is 0.517. The third-order valence-corrected chi connectivity index (χ3v) is 2.64. The van der Waals surface area contributed by atoms with Crippen LogP contribution in [0.2, 0.25) is 0 Å². The smallest absolute Gasteiger partial charge is 0.434 e. The molecule has 1 aromatic rings. The Bertz CT molecular complexity index is 322. The first-order valence-electron chi connectivity index (χ1n) is 6.66. The summed E-state index contributed by atoms with van der Waals surface area (Å²) in [5.74, 6) is 0. The van der Waals surface area contributed by atoms with Crippen molar-refractivity contribution in [3.05, 3.63) is 35.9 Å². The summed E-state index contributed by atoms with van der Waals surface area (Å²) in [5.41, 5.74) is 1.26. The van der Waals surface area contributed by atoms with Gasteiger partial charge in [-0.3, -0.25) is 0 Å². The van der Waals surface area contributed by atoms with E-state index in [1.807, 2.05) is 18.2 Å². The van der Waals surface area contributed by atoms with Crippen LogP contribution in [0.5, 0.6) is 0 Å². The number of carbonyl (C=O) groups excluding carboxylic acids is 1. The molecule has 0 aliphatic rings. The van der Waals surface area contributed by atoms with Crippen LogP contribution in [-0.4, -0.2) is 19.4 Å². The van der Waals surface area contributed by atoms with Gasteiger partial charge in [0.1, 0.15) is 0 Å². The van der Waals surface area contributed by atoms with Gasteiger partial charge < -0.3 is 9.47 Å². The topological polar surface area (TPSA) is 35.5 Å². The minimum Gasteiger partial charge on any atom is -0.434 e. The van der Waals surface area contributed by atoms with E-state index in [1.54, 1.807) is 0 Å². The first-order valence-corrected chi connectivity index (χ1v) is 6.66. The largest absolute Gasteiger partial charge is 0.508 e. The van der Waals surface area contributed by atoms with E-state index in [1.165, 1.54) is 5.56 Å². The lowest BCUT2D eigenvalue weighted by Crippen LogP contribution is -2.09. The van der Waals surface area contributed by atoms with Gasteiger partial charge in [-0.25, -0.2) is 4.79 Å². The van der Waals surface area contributed by atoms with E-state index in [0.717, 1.165) is 32.1 Å². The summed E-state index contributed by atoms with van der Waals surface area (Å²) in [7, 11) is 0. The van der Waals surface area contributed by atoms with Crippen molar-refractivity contribution in [3.63, 3.8) is 0 Å². The van der Waals surface area contributed by atoms with Crippen molar-refractivity contribution in [1.82, 2.24) is 0 Å². The van der Waals surface area contributed by atoms with Crippen LogP contribution in [0.3, 0.4) is 0 Å². The van der Waals surface area contributed by atoms with Crippen LogP contribution in [0.15, 0.2) is 30.3 Å². The van der Waals surface area contributed by atoms with E-state index in [9.17, 15) is 4.79 Å². The lowest BCUT2D eigenvalue weighted by atomic mass is 10.1. The van der Waals surface area contributed by atoms with E-state index in [4.69, 9.17) is 9.47 Å². The van der Waals surface area contributed by atoms with Crippen molar-refractivity contribution in [2.75, 3.05) is 13.2 Å². The molecule has 0 fully saturated rings. The van der Waals surface area contributed by atoms with Crippen LogP contribution in [-0.2, 0) is 15.9 Å². The van der Waals surface area contributed by atoms with Gasteiger partial charge in [0.25, 0.3) is 0 Å². The fourth-order valence-electron chi connectivity index (χ4n) is 1.63. The van der Waals surface area contributed by atoms with Gasteiger partial charge in [0, 0.05) is 0 Å². The third-order valence-electron chi connectivity index (χ3n) is 2.64. The Morgan fingerprint density at radius 2 is 1.67 bits per heavy atom. The fourth-order valence-corrected chi connectivity index (χ4v) is 1.63. The Kier molecular flexibility index (Phi) is 7.69. The molecule has 0 atom stereocenters. The lowest BCUT2D eigenvalue weighted by molar-refractivity contribution is 0.0535. The molecule has 0 saturated carbocycles. The van der Waals surface area contributed by atoms with Gasteiger partial charge in [0.2, 0.25) is 0 Å². The molecule has 3 heteroatoms. The van der Waals surface area contributed by atoms with Gasteiger partial charge in [-0.1, -0.05) is 50.1 Å². The molecule has 0 aliphatic heterocycles. The van der Waals surface area contributed by atoms with Crippen LogP contribution in [0.1, 0.15) is 38.2 Å². The Morgan fingerprint density at radius 3 is 2.33 bits per heavy atom. The first kappa shape index (κ1) is 14.6. The highest BCUT2D eigenvalue weighted by Gasteiger charge is 2.02. The van der Waals surface area contributed by atoms with Crippen LogP contribution >= 0.6 is 0 Å². The van der Waals surface area contributed by atoms with Gasteiger partial charge in [0.15, 0.2) is 0 Å². The van der Waals surface area contributed by atoms with Gasteiger partial charge in [-0.2, -0.15) is 0 Å². The number of rotatable bonds is 8. The second-order valence-electron chi connectivity index (χ2n) is 4.24. The number of benzene rings is 1. The molecule has 0 radical (unpaired) electrons. The summed E-state index contributed by atoms with van der Waals surface area (Å²) in [5, 5.41) is 0. The lowest BCUT2D eigenvalue weighted by Gasteiger charge is -2.06. The fraction of sp³-hybridized carbons (Fsp3) is 0.533. The third kappa shape index (κ3) is 6.94. The molecule has 0 amide bonds. The average Bonchev–Trinajstić information content (AvgIpc) is 2.41. The molecule has 0 bridgehead atoms. The molecule has 0 aliphatic carbocycles. The van der Waals surface area contributed by atoms with E-state index < -0.39 is 6.16 Å². The molecule has 100 valence electrons. The number of carbonyl (C=O) groups is 1. The molecule has 3 nitrogen and oxygen atoms in total. The minimum absolute atomic E-state index is 0.418. The maximum atomic E-state index is 11.2. The normalized spacial score (nSPS) is 10.1. The maximum absolute atomic E-state index is 11.2. The predicted molar refractivity (Wildman–Crippen MR) is 71.6 cm³/mol. The van der Waals surface area contributed by atoms with Crippen LogP contribution in [0.25, 0.3) is 0 Å². The van der Waals surface area contributed by atoms with E-state index in [2.05, 4.69) is 19.1 Å². The summed E-state index contributed by atoms with van der Waals surface area (Å²) in [6.07, 6.45) is 4.32. The van der Waals surface area contributed by atoms with Crippen molar-refractivity contribution in [1.29, 1.82) is 0 Å². The highest BCUT2D eigenvalue weighted by Crippen LogP contribution is 2.03. The molecule has 0 spiro atoms. The molecular weight excluding hydrogens is 228 g/mol. The van der Waals surface area contributed by atoms with Crippen molar-refractivity contribution < 1.29 is 14.3 Å². The Balaban J connectivity index is 1.99. The highest BCUT2D eigenvalue weighted by atomic mass is 16.7. The van der Waals surface area contributed by atoms with Crippen molar-refractivity contribution in [3.8, 4) is 0 Å². The van der Waals surface area contributed by atoms with Crippen molar-refractivity contribution >= 4 is 6.16 Å². The zero-order valence-electron chi connectivity index (χ0n) is 11.1. The number of ether oxygens (including phenoxy) is 2. The van der Waals surface area contributed by atoms with Crippen LogP contribution < -0.4 is 0 Å². The number of aryl methyl sites for hydroxylation is 1. The Labute approximate surface area is 109 Å². The van der Waals surface area contributed by atoms with Crippen LogP contribution in [0, 0.1) is 0 Å². The standard InChI is InChI=1S/C15H22O3/c1-2-3-7-12-17-15(16)18-13-8-11-14-9-5-4-6-10-14/h4-6,9-10H,2-3,7-8,11-13H2,1H3. The van der Waals surface area contributed by atoms with E-state index in [0.29, 0.717) is 13.2 Å². The number of hydrogen-bond donors (Lipinski definition) is 0. The molecule has 18 heavy (non-hydrogen) atoms. The summed E-state index contributed by atoms with van der Waals surface area (Å²) in [6, 6.07) is 10.2. The molecule has 0 heterocycles. The van der Waals surface area contributed by atoms with Crippen molar-refractivity contribution in [2.24, 2.45) is 0 Å². The molecule has 0 saturated heterocycles. The van der Waals surface area contributed by atoms with Gasteiger partial charge in [-0.15, -0.1) is 0 Å². The zero-order chi connectivity index (χ0) is 13.1. The van der Waals surface area contributed by atoms with E-state index in [-0.39, 0.29) is 0 Å². The summed E-state index contributed by atoms with van der Waals surface area (Å²) < 4.78 is 9.92. The molecule has 1 rings (SSSR count). The predicted octanol–water partition coefficient (Wildman–Crippen LogP) is 3.96. The summed E-state index contributed by atoms with van der Waals surface area (Å²) in [4.78, 5) is 11.2. The Morgan fingerprint density at radius 1 is 1.00 bits per heavy atom. The molecular formula is C15H22O3. The summed E-state index contributed by atoms with van der Waals surface area (Å²) >= 11 is 0. The average molecular weight is 250 g/mol. The first-order chi connectivity index (χ1) is 8.83. The van der Waals surface area contributed by atoms with Crippen molar-refractivity contribution in [2.45, 2.75) is 39.0 Å². The summed E-state index contributed by atoms with van der Waals surface area (Å²) in [6.45, 7) is 2.99. The second kappa shape index (κ2) is 9.51. The Hall–Kier alpha value is -1.51. The molecule has 1 aromatic carbocycles. The zero-order valence-corrected chi connectivity index (χ0v) is 11.1. The molecule has 0 unspecified atom stereocenters. The SMILES string of the molecule is CCCCCOC(=O)OCCCc1ccccc1. The number of hydrogen-bond acceptors (Lipinski definition) is 3. The van der Waals surface area contributed by atoms with Crippen LogP contribution in [0.4, 0.5) is 4.79 Å². The number of unbranched alkanes of at least 4 members (excludes halogenated alkanes) is 2. The van der Waals surface area contributed by atoms with Gasteiger partial charge in [-0.05, 0) is 24.8 Å². The second-order valence-corrected chi connectivity index (χ2v) is 4.24. The van der Waals surface area contributed by atoms with Gasteiger partial charge in [0.05, 0.1) is 13.2 Å². The monoisotopic (exact) mass is 250 g/mol. The highest BCUT2D eigenvalue weighted by molar-refractivity contribution is 5.59. The maximum Gasteiger partial charge on any atom is 0.508 e. The molecule has 0 aromatic heterocycles. The minimum atomic E-state index is -0.542. The van der Waals surface area contributed by atoms with Gasteiger partial charge >= 0.3 is 6.16 Å². The molecule has 0 N–H and O–H groups in total.